The highest BCUT2D eigenvalue weighted by atomic mass is 35.5. The molecule has 1 unspecified atom stereocenters. The molecule has 0 bridgehead atoms. The Morgan fingerprint density at radius 3 is 2.50 bits per heavy atom. The van der Waals surface area contributed by atoms with Crippen LogP contribution in [-0.2, 0) is 0 Å². The Labute approximate surface area is 66.9 Å². The predicted molar refractivity (Wildman–Crippen MR) is 43.4 cm³/mol. The molecule has 10 heavy (non-hydrogen) atoms. The van der Waals surface area contributed by atoms with Crippen LogP contribution in [0.1, 0.15) is 20.3 Å². The van der Waals surface area contributed by atoms with Gasteiger partial charge in [0, 0.05) is 18.0 Å². The summed E-state index contributed by atoms with van der Waals surface area (Å²) < 4.78 is 11.7. The summed E-state index contributed by atoms with van der Waals surface area (Å²) in [5.41, 5.74) is -0.0896. The summed E-state index contributed by atoms with van der Waals surface area (Å²) in [7, 11) is 0. The van der Waals surface area contributed by atoms with E-state index in [4.69, 9.17) is 11.6 Å². The molecule has 0 heterocycles. The number of hydrogen-bond donors (Lipinski definition) is 1. The van der Waals surface area contributed by atoms with Gasteiger partial charge in [-0.1, -0.05) is 6.92 Å². The first-order valence-corrected chi connectivity index (χ1v) is 4.09. The van der Waals surface area contributed by atoms with E-state index in [0.717, 1.165) is 6.42 Å². The monoisotopic (exact) mass is 167 g/mol. The average Bonchev–Trinajstić information content (AvgIpc) is 2.00. The van der Waals surface area contributed by atoms with Crippen molar-refractivity contribution in [2.45, 2.75) is 25.8 Å². The van der Waals surface area contributed by atoms with Crippen molar-refractivity contribution in [1.82, 2.24) is 5.32 Å². The lowest BCUT2D eigenvalue weighted by Crippen LogP contribution is -2.44. The van der Waals surface area contributed by atoms with Crippen molar-refractivity contribution in [3.05, 3.63) is 0 Å². The Hall–Kier alpha value is 0.180. The van der Waals surface area contributed by atoms with E-state index in [1.165, 1.54) is 0 Å². The standard InChI is InChI=1S/C7H15ClFN/c1-3-7(2,6-8)10-5-4-9/h10H,3-6H2,1-2H3. The molecule has 0 amide bonds. The molecular weight excluding hydrogens is 153 g/mol. The van der Waals surface area contributed by atoms with Crippen LogP contribution in [0.15, 0.2) is 0 Å². The van der Waals surface area contributed by atoms with E-state index in [2.05, 4.69) is 5.32 Å². The molecule has 0 aromatic carbocycles. The van der Waals surface area contributed by atoms with Gasteiger partial charge in [0.15, 0.2) is 0 Å². The summed E-state index contributed by atoms with van der Waals surface area (Å²) >= 11 is 5.66. The second-order valence-electron chi connectivity index (χ2n) is 2.66. The molecule has 0 saturated carbocycles. The highest BCUT2D eigenvalue weighted by Gasteiger charge is 2.18. The van der Waals surface area contributed by atoms with Gasteiger partial charge in [0.2, 0.25) is 0 Å². The van der Waals surface area contributed by atoms with Crippen molar-refractivity contribution in [3.63, 3.8) is 0 Å². The summed E-state index contributed by atoms with van der Waals surface area (Å²) in [4.78, 5) is 0. The Bertz CT molecular complexity index is 83.7. The fraction of sp³-hybridized carbons (Fsp3) is 1.00. The molecule has 0 radical (unpaired) electrons. The van der Waals surface area contributed by atoms with Crippen LogP contribution in [0.2, 0.25) is 0 Å². The van der Waals surface area contributed by atoms with Gasteiger partial charge in [-0.2, -0.15) is 0 Å². The molecule has 0 saturated heterocycles. The maximum absolute atomic E-state index is 11.7. The maximum atomic E-state index is 11.7. The highest BCUT2D eigenvalue weighted by molar-refractivity contribution is 6.18. The van der Waals surface area contributed by atoms with Gasteiger partial charge in [-0.25, -0.2) is 4.39 Å². The lowest BCUT2D eigenvalue weighted by atomic mass is 10.0. The number of halogens is 2. The third-order valence-electron chi connectivity index (χ3n) is 1.72. The minimum Gasteiger partial charge on any atom is -0.308 e. The summed E-state index contributed by atoms with van der Waals surface area (Å²) in [5.74, 6) is 0.531. The summed E-state index contributed by atoms with van der Waals surface area (Å²) in [6.45, 7) is 4.10. The summed E-state index contributed by atoms with van der Waals surface area (Å²) in [5, 5.41) is 3.04. The third-order valence-corrected chi connectivity index (χ3v) is 2.31. The van der Waals surface area contributed by atoms with Crippen molar-refractivity contribution in [2.24, 2.45) is 0 Å². The maximum Gasteiger partial charge on any atom is 0.102 e. The van der Waals surface area contributed by atoms with Crippen LogP contribution in [0.5, 0.6) is 0 Å². The van der Waals surface area contributed by atoms with Crippen LogP contribution < -0.4 is 5.32 Å². The number of alkyl halides is 2. The zero-order valence-corrected chi connectivity index (χ0v) is 7.34. The molecule has 1 N–H and O–H groups in total. The zero-order chi connectivity index (χ0) is 8.04. The second-order valence-corrected chi connectivity index (χ2v) is 2.93. The van der Waals surface area contributed by atoms with Crippen molar-refractivity contribution < 1.29 is 4.39 Å². The Morgan fingerprint density at radius 2 is 2.20 bits per heavy atom. The number of rotatable bonds is 5. The molecule has 0 aliphatic carbocycles. The van der Waals surface area contributed by atoms with Crippen molar-refractivity contribution in [1.29, 1.82) is 0 Å². The van der Waals surface area contributed by atoms with Gasteiger partial charge in [0.05, 0.1) is 0 Å². The van der Waals surface area contributed by atoms with Crippen LogP contribution >= 0.6 is 11.6 Å². The van der Waals surface area contributed by atoms with Crippen molar-refractivity contribution in [2.75, 3.05) is 19.1 Å². The largest absolute Gasteiger partial charge is 0.308 e. The molecule has 0 spiro atoms. The normalized spacial score (nSPS) is 16.8. The van der Waals surface area contributed by atoms with Crippen LogP contribution in [0, 0.1) is 0 Å². The minimum atomic E-state index is -0.327. The van der Waals surface area contributed by atoms with E-state index < -0.39 is 0 Å². The molecule has 1 atom stereocenters. The molecule has 0 aliphatic rings. The average molecular weight is 168 g/mol. The van der Waals surface area contributed by atoms with Crippen LogP contribution in [-0.4, -0.2) is 24.6 Å². The molecule has 3 heteroatoms. The Kier molecular flexibility index (Phi) is 5.00. The third kappa shape index (κ3) is 3.37. The topological polar surface area (TPSA) is 12.0 Å². The van der Waals surface area contributed by atoms with Crippen LogP contribution in [0.4, 0.5) is 4.39 Å². The molecule has 0 aliphatic heterocycles. The lowest BCUT2D eigenvalue weighted by Gasteiger charge is -2.26. The minimum absolute atomic E-state index is 0.0896. The van der Waals surface area contributed by atoms with Gasteiger partial charge >= 0.3 is 0 Å². The van der Waals surface area contributed by atoms with Gasteiger partial charge < -0.3 is 5.32 Å². The van der Waals surface area contributed by atoms with E-state index >= 15 is 0 Å². The van der Waals surface area contributed by atoms with Gasteiger partial charge in [-0.3, -0.25) is 0 Å². The summed E-state index contributed by atoms with van der Waals surface area (Å²) in [6, 6.07) is 0. The molecular formula is C7H15ClFN. The van der Waals surface area contributed by atoms with Crippen molar-refractivity contribution >= 4 is 11.6 Å². The second kappa shape index (κ2) is 4.91. The van der Waals surface area contributed by atoms with Gasteiger partial charge in [0.25, 0.3) is 0 Å². The van der Waals surface area contributed by atoms with Gasteiger partial charge in [-0.15, -0.1) is 11.6 Å². The van der Waals surface area contributed by atoms with Crippen molar-refractivity contribution in [3.8, 4) is 0 Å². The number of hydrogen-bond acceptors (Lipinski definition) is 1. The lowest BCUT2D eigenvalue weighted by molar-refractivity contribution is 0.352. The molecule has 1 nitrogen and oxygen atoms in total. The number of nitrogens with one attached hydrogen (secondary N) is 1. The first-order valence-electron chi connectivity index (χ1n) is 3.55. The van der Waals surface area contributed by atoms with E-state index in [1.807, 2.05) is 13.8 Å². The van der Waals surface area contributed by atoms with Gasteiger partial charge in [-0.05, 0) is 13.3 Å². The molecule has 62 valence electrons. The SMILES string of the molecule is CCC(C)(CCl)NCCF. The summed E-state index contributed by atoms with van der Waals surface area (Å²) in [6.07, 6.45) is 0.927. The Morgan fingerprint density at radius 1 is 1.60 bits per heavy atom. The molecule has 0 aromatic heterocycles. The predicted octanol–water partition coefficient (Wildman–Crippen LogP) is 1.95. The van der Waals surface area contributed by atoms with Gasteiger partial charge in [0.1, 0.15) is 6.67 Å². The van der Waals surface area contributed by atoms with E-state index in [9.17, 15) is 4.39 Å². The zero-order valence-electron chi connectivity index (χ0n) is 6.58. The fourth-order valence-corrected chi connectivity index (χ4v) is 0.899. The Balaban J connectivity index is 3.58. The van der Waals surface area contributed by atoms with E-state index in [1.54, 1.807) is 0 Å². The van der Waals surface area contributed by atoms with E-state index in [0.29, 0.717) is 12.4 Å². The molecule has 0 aromatic rings. The molecule has 0 fully saturated rings. The van der Waals surface area contributed by atoms with Crippen LogP contribution in [0.3, 0.4) is 0 Å². The first kappa shape index (κ1) is 10.2. The smallest absolute Gasteiger partial charge is 0.102 e. The highest BCUT2D eigenvalue weighted by Crippen LogP contribution is 2.10. The van der Waals surface area contributed by atoms with E-state index in [-0.39, 0.29) is 12.2 Å². The molecule has 0 rings (SSSR count). The first-order chi connectivity index (χ1) is 4.68. The quantitative estimate of drug-likeness (QED) is 0.618. The fourth-order valence-electron chi connectivity index (χ4n) is 0.616. The van der Waals surface area contributed by atoms with Crippen LogP contribution in [0.25, 0.3) is 0 Å².